The Morgan fingerprint density at radius 3 is 2.64 bits per heavy atom. The summed E-state index contributed by atoms with van der Waals surface area (Å²) in [6.07, 6.45) is 5.75. The molecule has 2 fully saturated rings. The van der Waals surface area contributed by atoms with Crippen LogP contribution < -0.4 is 0 Å². The van der Waals surface area contributed by atoms with Crippen LogP contribution in [0.2, 0.25) is 0 Å². The number of nitrogens with zero attached hydrogens (tertiary/aromatic N) is 1. The van der Waals surface area contributed by atoms with Gasteiger partial charge in [0.25, 0.3) is 0 Å². The lowest BCUT2D eigenvalue weighted by Crippen LogP contribution is -2.44. The van der Waals surface area contributed by atoms with Gasteiger partial charge in [0.05, 0.1) is 0 Å². The predicted molar refractivity (Wildman–Crippen MR) is 64.9 cm³/mol. The van der Waals surface area contributed by atoms with Gasteiger partial charge in [-0.25, -0.2) is 0 Å². The van der Waals surface area contributed by atoms with Crippen molar-refractivity contribution in [3.63, 3.8) is 0 Å². The van der Waals surface area contributed by atoms with Crippen molar-refractivity contribution in [3.05, 3.63) is 0 Å². The van der Waals surface area contributed by atoms with Crippen LogP contribution >= 0.6 is 15.9 Å². The van der Waals surface area contributed by atoms with Crippen molar-refractivity contribution in [3.8, 4) is 0 Å². The Morgan fingerprint density at radius 2 is 2.14 bits per heavy atom. The zero-order chi connectivity index (χ0) is 10.2. The van der Waals surface area contributed by atoms with E-state index in [0.29, 0.717) is 5.41 Å². The molecule has 0 aromatic heterocycles. The molecule has 2 aliphatic rings. The van der Waals surface area contributed by atoms with Gasteiger partial charge >= 0.3 is 0 Å². The molecule has 1 heterocycles. The minimum absolute atomic E-state index is 0.657. The molecule has 1 aliphatic heterocycles. The summed E-state index contributed by atoms with van der Waals surface area (Å²) in [6, 6.07) is 0.799. The zero-order valence-corrected chi connectivity index (χ0v) is 11.0. The second-order valence-corrected chi connectivity index (χ2v) is 6.27. The fourth-order valence-electron chi connectivity index (χ4n) is 2.96. The highest BCUT2D eigenvalue weighted by Crippen LogP contribution is 2.42. The van der Waals surface area contributed by atoms with Crippen LogP contribution in [0, 0.1) is 11.3 Å². The van der Waals surface area contributed by atoms with Gasteiger partial charge in [0, 0.05) is 17.9 Å². The van der Waals surface area contributed by atoms with Crippen LogP contribution in [0.3, 0.4) is 0 Å². The SMILES string of the molecule is CC1CCN(CC2(C)CCC2)C1CBr. The molecule has 1 saturated carbocycles. The molecule has 2 unspecified atom stereocenters. The maximum absolute atomic E-state index is 3.66. The zero-order valence-electron chi connectivity index (χ0n) is 9.43. The van der Waals surface area contributed by atoms with Crippen LogP contribution in [0.25, 0.3) is 0 Å². The topological polar surface area (TPSA) is 3.24 Å². The molecule has 1 nitrogen and oxygen atoms in total. The normalized spacial score (nSPS) is 37.1. The van der Waals surface area contributed by atoms with Crippen LogP contribution in [-0.4, -0.2) is 29.4 Å². The second kappa shape index (κ2) is 4.13. The number of rotatable bonds is 3. The highest BCUT2D eigenvalue weighted by Gasteiger charge is 2.38. The Labute approximate surface area is 96.4 Å². The molecular weight excluding hydrogens is 238 g/mol. The minimum atomic E-state index is 0.657. The van der Waals surface area contributed by atoms with Crippen molar-refractivity contribution in [1.82, 2.24) is 4.90 Å². The highest BCUT2D eigenvalue weighted by molar-refractivity contribution is 9.09. The molecular formula is C12H22BrN. The molecule has 0 amide bonds. The number of hydrogen-bond donors (Lipinski definition) is 0. The standard InChI is InChI=1S/C12H22BrN/c1-10-4-7-14(11(10)8-13)9-12(2)5-3-6-12/h10-11H,3-9H2,1-2H3. The molecule has 2 heteroatoms. The smallest absolute Gasteiger partial charge is 0.0219 e. The Morgan fingerprint density at radius 1 is 1.43 bits per heavy atom. The van der Waals surface area contributed by atoms with Crippen molar-refractivity contribution in [2.24, 2.45) is 11.3 Å². The van der Waals surface area contributed by atoms with Crippen LogP contribution in [0.1, 0.15) is 39.5 Å². The molecule has 14 heavy (non-hydrogen) atoms. The van der Waals surface area contributed by atoms with E-state index in [1.807, 2.05) is 0 Å². The molecule has 0 N–H and O–H groups in total. The van der Waals surface area contributed by atoms with E-state index in [2.05, 4.69) is 34.7 Å². The molecule has 82 valence electrons. The number of halogens is 1. The van der Waals surface area contributed by atoms with Gasteiger partial charge in [0.2, 0.25) is 0 Å². The summed E-state index contributed by atoms with van der Waals surface area (Å²) in [5.41, 5.74) is 0.657. The van der Waals surface area contributed by atoms with Gasteiger partial charge in [0.1, 0.15) is 0 Å². The molecule has 0 aromatic rings. The third kappa shape index (κ3) is 2.01. The Bertz CT molecular complexity index is 200. The van der Waals surface area contributed by atoms with E-state index in [9.17, 15) is 0 Å². The maximum Gasteiger partial charge on any atom is 0.0219 e. The fraction of sp³-hybridized carbons (Fsp3) is 1.00. The van der Waals surface area contributed by atoms with Gasteiger partial charge < -0.3 is 0 Å². The molecule has 0 bridgehead atoms. The number of alkyl halides is 1. The average molecular weight is 260 g/mol. The molecule has 1 aliphatic carbocycles. The first kappa shape index (κ1) is 10.9. The van der Waals surface area contributed by atoms with Gasteiger partial charge in [-0.2, -0.15) is 0 Å². The average Bonchev–Trinajstić information content (AvgIpc) is 2.44. The Hall–Kier alpha value is 0.440. The molecule has 1 saturated heterocycles. The second-order valence-electron chi connectivity index (χ2n) is 5.62. The maximum atomic E-state index is 3.66. The van der Waals surface area contributed by atoms with E-state index in [1.54, 1.807) is 0 Å². The van der Waals surface area contributed by atoms with E-state index >= 15 is 0 Å². The van der Waals surface area contributed by atoms with Gasteiger partial charge in [-0.3, -0.25) is 4.90 Å². The molecule has 2 atom stereocenters. The highest BCUT2D eigenvalue weighted by atomic mass is 79.9. The quantitative estimate of drug-likeness (QED) is 0.704. The third-order valence-electron chi connectivity index (χ3n) is 4.30. The largest absolute Gasteiger partial charge is 0.299 e. The molecule has 0 spiro atoms. The van der Waals surface area contributed by atoms with Crippen LogP contribution in [0.4, 0.5) is 0 Å². The molecule has 0 radical (unpaired) electrons. The van der Waals surface area contributed by atoms with Crippen molar-refractivity contribution in [2.75, 3.05) is 18.4 Å². The van der Waals surface area contributed by atoms with E-state index < -0.39 is 0 Å². The van der Waals surface area contributed by atoms with Crippen LogP contribution in [0.15, 0.2) is 0 Å². The van der Waals surface area contributed by atoms with Crippen LogP contribution in [0.5, 0.6) is 0 Å². The lowest BCUT2D eigenvalue weighted by molar-refractivity contribution is 0.0791. The van der Waals surface area contributed by atoms with Gasteiger partial charge in [0.15, 0.2) is 0 Å². The summed E-state index contributed by atoms with van der Waals surface area (Å²) in [5.74, 6) is 0.887. The lowest BCUT2D eigenvalue weighted by Gasteiger charge is -2.43. The van der Waals surface area contributed by atoms with Crippen molar-refractivity contribution in [2.45, 2.75) is 45.6 Å². The van der Waals surface area contributed by atoms with Crippen molar-refractivity contribution >= 4 is 15.9 Å². The minimum Gasteiger partial charge on any atom is -0.299 e. The van der Waals surface area contributed by atoms with E-state index in [-0.39, 0.29) is 0 Å². The lowest BCUT2D eigenvalue weighted by atomic mass is 9.70. The fourth-order valence-corrected chi connectivity index (χ4v) is 4.01. The van der Waals surface area contributed by atoms with Crippen LogP contribution in [-0.2, 0) is 0 Å². The number of hydrogen-bond acceptors (Lipinski definition) is 1. The van der Waals surface area contributed by atoms with E-state index in [0.717, 1.165) is 17.3 Å². The number of likely N-dealkylation sites (tertiary alicyclic amines) is 1. The summed E-state index contributed by atoms with van der Waals surface area (Å²) in [4.78, 5) is 2.72. The summed E-state index contributed by atoms with van der Waals surface area (Å²) in [5, 5.41) is 1.16. The van der Waals surface area contributed by atoms with Crippen molar-refractivity contribution < 1.29 is 0 Å². The molecule has 2 rings (SSSR count). The van der Waals surface area contributed by atoms with Gasteiger partial charge in [-0.05, 0) is 37.1 Å². The Balaban J connectivity index is 1.91. The third-order valence-corrected chi connectivity index (χ3v) is 4.96. The Kier molecular flexibility index (Phi) is 3.23. The van der Waals surface area contributed by atoms with Crippen molar-refractivity contribution in [1.29, 1.82) is 0 Å². The monoisotopic (exact) mass is 259 g/mol. The van der Waals surface area contributed by atoms with Gasteiger partial charge in [-0.15, -0.1) is 0 Å². The van der Waals surface area contributed by atoms with E-state index in [4.69, 9.17) is 0 Å². The first-order valence-electron chi connectivity index (χ1n) is 5.95. The predicted octanol–water partition coefficient (Wildman–Crippen LogP) is 3.28. The van der Waals surface area contributed by atoms with Gasteiger partial charge in [-0.1, -0.05) is 36.2 Å². The summed E-state index contributed by atoms with van der Waals surface area (Å²) >= 11 is 3.66. The summed E-state index contributed by atoms with van der Waals surface area (Å²) in [7, 11) is 0. The first-order valence-corrected chi connectivity index (χ1v) is 7.07. The summed E-state index contributed by atoms with van der Waals surface area (Å²) < 4.78 is 0. The summed E-state index contributed by atoms with van der Waals surface area (Å²) in [6.45, 7) is 7.53. The first-order chi connectivity index (χ1) is 6.64. The van der Waals surface area contributed by atoms with E-state index in [1.165, 1.54) is 38.8 Å². The molecule has 0 aromatic carbocycles.